The highest BCUT2D eigenvalue weighted by Gasteiger charge is 2.46. The molecule has 0 amide bonds. The number of esters is 1. The number of aryl methyl sites for hydroxylation is 1. The fraction of sp³-hybridized carbons (Fsp3) is 0.333. The Hall–Kier alpha value is -4.80. The zero-order chi connectivity index (χ0) is 31.8. The maximum atomic E-state index is 13.0. The van der Waals surface area contributed by atoms with Crippen molar-refractivity contribution in [3.05, 3.63) is 113 Å². The average molecular weight is 619 g/mol. The molecule has 1 N–H and O–H groups in total. The molecule has 1 aliphatic carbocycles. The molecule has 10 heteroatoms. The Labute approximate surface area is 268 Å². The minimum Gasteiger partial charge on any atom is -0.492 e. The maximum Gasteiger partial charge on any atom is 0.341 e. The molecule has 0 saturated heterocycles. The second-order valence-corrected chi connectivity index (χ2v) is 12.1. The number of nitrogens with zero attached hydrogens (tertiary/aromatic N) is 6. The highest BCUT2D eigenvalue weighted by atomic mass is 16.5. The van der Waals surface area contributed by atoms with Crippen LogP contribution in [0.5, 0.6) is 5.75 Å². The van der Waals surface area contributed by atoms with Crippen molar-refractivity contribution in [3.63, 3.8) is 0 Å². The van der Waals surface area contributed by atoms with E-state index in [1.165, 1.54) is 0 Å². The molecule has 1 saturated carbocycles. The van der Waals surface area contributed by atoms with Gasteiger partial charge in [0.25, 0.3) is 0 Å². The van der Waals surface area contributed by atoms with Crippen LogP contribution >= 0.6 is 0 Å². The molecule has 1 fully saturated rings. The number of carbonyl (C=O) groups excluding carboxylic acids is 1. The molecule has 46 heavy (non-hydrogen) atoms. The summed E-state index contributed by atoms with van der Waals surface area (Å²) in [6, 6.07) is 24.5. The number of hydrogen-bond donors (Lipinski definition) is 1. The van der Waals surface area contributed by atoms with Crippen LogP contribution in [-0.4, -0.2) is 66.6 Å². The van der Waals surface area contributed by atoms with Gasteiger partial charge < -0.3 is 14.6 Å². The normalized spacial score (nSPS) is 20.0. The van der Waals surface area contributed by atoms with Crippen molar-refractivity contribution >= 4 is 5.97 Å². The summed E-state index contributed by atoms with van der Waals surface area (Å²) < 4.78 is 15.0. The van der Waals surface area contributed by atoms with Crippen LogP contribution in [0.4, 0.5) is 0 Å². The van der Waals surface area contributed by atoms with Crippen molar-refractivity contribution in [1.82, 2.24) is 29.7 Å². The van der Waals surface area contributed by atoms with E-state index in [-0.39, 0.29) is 23.8 Å². The molecule has 2 aliphatic rings. The van der Waals surface area contributed by atoms with Crippen molar-refractivity contribution in [3.8, 4) is 22.6 Å². The molecule has 4 atom stereocenters. The van der Waals surface area contributed by atoms with Crippen molar-refractivity contribution in [2.24, 2.45) is 7.05 Å². The van der Waals surface area contributed by atoms with E-state index in [1.807, 2.05) is 68.2 Å². The predicted octanol–water partition coefficient (Wildman–Crippen LogP) is 5.43. The number of ether oxygens (including phenoxy) is 2. The molecule has 0 radical (unpaired) electrons. The van der Waals surface area contributed by atoms with Gasteiger partial charge in [0.2, 0.25) is 0 Å². The minimum atomic E-state index is -0.564. The molecule has 1 aliphatic heterocycles. The van der Waals surface area contributed by atoms with Crippen molar-refractivity contribution < 1.29 is 19.4 Å². The smallest absolute Gasteiger partial charge is 0.341 e. The van der Waals surface area contributed by atoms with Gasteiger partial charge in [0, 0.05) is 43.7 Å². The minimum absolute atomic E-state index is 0.0789. The van der Waals surface area contributed by atoms with Crippen LogP contribution < -0.4 is 4.74 Å². The van der Waals surface area contributed by atoms with Crippen LogP contribution in [0.1, 0.15) is 71.0 Å². The second-order valence-electron chi connectivity index (χ2n) is 12.1. The average Bonchev–Trinajstić information content (AvgIpc) is 3.58. The lowest BCUT2D eigenvalue weighted by atomic mass is 9.98. The topological polar surface area (TPSA) is 108 Å². The second kappa shape index (κ2) is 12.5. The number of benzene rings is 3. The van der Waals surface area contributed by atoms with Crippen molar-refractivity contribution in [2.75, 3.05) is 19.8 Å². The highest BCUT2D eigenvalue weighted by Crippen LogP contribution is 2.55. The van der Waals surface area contributed by atoms with Gasteiger partial charge >= 0.3 is 5.97 Å². The molecule has 236 valence electrons. The maximum absolute atomic E-state index is 13.0. The van der Waals surface area contributed by atoms with Gasteiger partial charge in [0.15, 0.2) is 0 Å². The van der Waals surface area contributed by atoms with Gasteiger partial charge in [-0.3, -0.25) is 9.58 Å². The number of aromatic nitrogens is 5. The summed E-state index contributed by atoms with van der Waals surface area (Å²) in [5, 5.41) is 24.0. The number of rotatable bonds is 9. The van der Waals surface area contributed by atoms with E-state index in [1.54, 1.807) is 10.9 Å². The van der Waals surface area contributed by atoms with E-state index in [2.05, 4.69) is 51.6 Å². The number of hydrogen-bond acceptors (Lipinski definition) is 8. The zero-order valence-electron chi connectivity index (χ0n) is 26.3. The molecule has 3 heterocycles. The quantitative estimate of drug-likeness (QED) is 0.218. The number of carbonyl (C=O) groups is 1. The lowest BCUT2D eigenvalue weighted by molar-refractivity contribution is 0.0524. The lowest BCUT2D eigenvalue weighted by Crippen LogP contribution is -2.35. The first-order valence-corrected chi connectivity index (χ1v) is 15.9. The molecule has 3 aromatic carbocycles. The first-order chi connectivity index (χ1) is 22.4. The number of fused-ring (bicyclic) bond motifs is 1. The standard InChI is InChI=1S/C36H38N6O4/c1-4-45-36(44)31-20-37-42(35(31)30-19-29(30)32-22-40(3)39-38-32)27-12-8-11-26(18-27)25-10-7-9-24(17-25)21-41-15-16-46-33-14-6-5-13-28(33)34(41)23(2)43/h5-14,17-18,20,22-23,29-30,34,43H,4,15-16,19,21H2,1-3H3/t23-,29-,30-,34-/m1/s1. The first kappa shape index (κ1) is 29.9. The van der Waals surface area contributed by atoms with E-state index < -0.39 is 6.10 Å². The van der Waals surface area contributed by atoms with E-state index in [9.17, 15) is 9.90 Å². The third-order valence-electron chi connectivity index (χ3n) is 8.90. The van der Waals surface area contributed by atoms with Gasteiger partial charge in [-0.1, -0.05) is 53.7 Å². The molecule has 10 nitrogen and oxygen atoms in total. The van der Waals surface area contributed by atoms with Gasteiger partial charge in [-0.15, -0.1) is 5.10 Å². The Kier molecular flexibility index (Phi) is 8.14. The van der Waals surface area contributed by atoms with Crippen LogP contribution in [0.2, 0.25) is 0 Å². The molecule has 0 spiro atoms. The predicted molar refractivity (Wildman–Crippen MR) is 173 cm³/mol. The molecular formula is C36H38N6O4. The summed E-state index contributed by atoms with van der Waals surface area (Å²) >= 11 is 0. The highest BCUT2D eigenvalue weighted by molar-refractivity contribution is 5.91. The van der Waals surface area contributed by atoms with Gasteiger partial charge in [0.05, 0.1) is 42.0 Å². The molecule has 0 bridgehead atoms. The van der Waals surface area contributed by atoms with Gasteiger partial charge in [-0.25, -0.2) is 9.48 Å². The Morgan fingerprint density at radius 3 is 2.65 bits per heavy atom. The van der Waals surface area contributed by atoms with E-state index in [4.69, 9.17) is 14.6 Å². The molecule has 7 rings (SSSR count). The summed E-state index contributed by atoms with van der Waals surface area (Å²) in [7, 11) is 1.86. The summed E-state index contributed by atoms with van der Waals surface area (Å²) in [6.07, 6.45) is 3.85. The summed E-state index contributed by atoms with van der Waals surface area (Å²) in [5.41, 5.74) is 7.37. The van der Waals surface area contributed by atoms with Gasteiger partial charge in [-0.2, -0.15) is 5.10 Å². The lowest BCUT2D eigenvalue weighted by Gasteiger charge is -2.32. The number of aliphatic hydroxyl groups is 1. The summed E-state index contributed by atoms with van der Waals surface area (Å²) in [6.45, 7) is 5.87. The number of aliphatic hydroxyl groups excluding tert-OH is 1. The third kappa shape index (κ3) is 5.81. The van der Waals surface area contributed by atoms with E-state index in [0.29, 0.717) is 31.9 Å². The Bertz CT molecular complexity index is 1860. The van der Waals surface area contributed by atoms with Crippen molar-refractivity contribution in [1.29, 1.82) is 0 Å². The Morgan fingerprint density at radius 2 is 1.87 bits per heavy atom. The number of para-hydroxylation sites is 1. The fourth-order valence-electron chi connectivity index (χ4n) is 6.75. The largest absolute Gasteiger partial charge is 0.492 e. The van der Waals surface area contributed by atoms with Gasteiger partial charge in [-0.05, 0) is 61.2 Å². The van der Waals surface area contributed by atoms with Gasteiger partial charge in [0.1, 0.15) is 17.9 Å². The zero-order valence-corrected chi connectivity index (χ0v) is 26.3. The van der Waals surface area contributed by atoms with Crippen LogP contribution in [0.3, 0.4) is 0 Å². The SMILES string of the molecule is CCOC(=O)c1cnn(-c2cccc(-c3cccc(CN4CCOc5ccccc5[C@H]4[C@@H](C)O)c3)c2)c1[C@@H]1C[C@H]1c1cn(C)nn1. The Morgan fingerprint density at radius 1 is 1.07 bits per heavy atom. The fourth-order valence-corrected chi connectivity index (χ4v) is 6.75. The summed E-state index contributed by atoms with van der Waals surface area (Å²) in [5.74, 6) is 0.712. The van der Waals surface area contributed by atoms with Crippen LogP contribution in [0.15, 0.2) is 85.2 Å². The summed E-state index contributed by atoms with van der Waals surface area (Å²) in [4.78, 5) is 15.3. The first-order valence-electron chi connectivity index (χ1n) is 15.9. The molecular weight excluding hydrogens is 580 g/mol. The monoisotopic (exact) mass is 618 g/mol. The van der Waals surface area contributed by atoms with Crippen LogP contribution in [0.25, 0.3) is 16.8 Å². The van der Waals surface area contributed by atoms with E-state index >= 15 is 0 Å². The van der Waals surface area contributed by atoms with Crippen LogP contribution in [0, 0.1) is 0 Å². The molecule has 5 aromatic rings. The Balaban J connectivity index is 1.19. The molecule has 0 unspecified atom stereocenters. The molecule has 2 aromatic heterocycles. The van der Waals surface area contributed by atoms with Crippen LogP contribution in [-0.2, 0) is 18.3 Å². The third-order valence-corrected chi connectivity index (χ3v) is 8.90. The van der Waals surface area contributed by atoms with Crippen molar-refractivity contribution in [2.45, 2.75) is 50.8 Å². The van der Waals surface area contributed by atoms with E-state index in [0.717, 1.165) is 51.5 Å².